The highest BCUT2D eigenvalue weighted by molar-refractivity contribution is 5.44. The third-order valence-corrected chi connectivity index (χ3v) is 5.10. The van der Waals surface area contributed by atoms with Gasteiger partial charge in [0.2, 0.25) is 11.7 Å². The highest BCUT2D eigenvalue weighted by atomic mass is 16.5. The summed E-state index contributed by atoms with van der Waals surface area (Å²) >= 11 is 0. The van der Waals surface area contributed by atoms with Crippen LogP contribution in [0.4, 0.5) is 0 Å². The Morgan fingerprint density at radius 3 is 2.71 bits per heavy atom. The Hall–Kier alpha value is -1.62. The van der Waals surface area contributed by atoms with Crippen LogP contribution >= 0.6 is 0 Å². The Kier molecular flexibility index (Phi) is 3.10. The van der Waals surface area contributed by atoms with Crippen LogP contribution < -0.4 is 0 Å². The summed E-state index contributed by atoms with van der Waals surface area (Å²) in [6, 6.07) is 3.62. The fourth-order valence-electron chi connectivity index (χ4n) is 3.85. The second-order valence-corrected chi connectivity index (χ2v) is 6.48. The van der Waals surface area contributed by atoms with Crippen molar-refractivity contribution in [3.63, 3.8) is 0 Å². The fraction of sp³-hybridized carbons (Fsp3) is 0.625. The monoisotopic (exact) mass is 288 g/mol. The van der Waals surface area contributed by atoms with Gasteiger partial charge >= 0.3 is 0 Å². The molecule has 112 valence electrons. The summed E-state index contributed by atoms with van der Waals surface area (Å²) in [7, 11) is 0. The lowest BCUT2D eigenvalue weighted by Gasteiger charge is -2.48. The topological polar surface area (TPSA) is 72.3 Å². The molecular weight excluding hydrogens is 268 g/mol. The standard InChI is InChI=1S/C16H20N2O3/c19-16(12-5-2-1-3-6-12)9-11(10-16)15-17-14(18-21-15)13-7-4-8-20-13/h4,7-8,11-12,19H,1-3,5-6,9-10H2. The molecule has 0 aliphatic heterocycles. The molecule has 2 saturated carbocycles. The maximum atomic E-state index is 10.7. The lowest BCUT2D eigenvalue weighted by Crippen LogP contribution is -2.49. The van der Waals surface area contributed by atoms with E-state index in [0.717, 1.165) is 25.7 Å². The van der Waals surface area contributed by atoms with Crippen molar-refractivity contribution in [1.82, 2.24) is 10.1 Å². The van der Waals surface area contributed by atoms with Crippen molar-refractivity contribution in [2.45, 2.75) is 56.5 Å². The highest BCUT2D eigenvalue weighted by Gasteiger charge is 2.50. The zero-order chi connectivity index (χ0) is 14.3. The molecule has 0 atom stereocenters. The van der Waals surface area contributed by atoms with E-state index < -0.39 is 5.60 Å². The fourth-order valence-corrected chi connectivity index (χ4v) is 3.85. The Morgan fingerprint density at radius 2 is 2.00 bits per heavy atom. The van der Waals surface area contributed by atoms with Gasteiger partial charge in [-0.25, -0.2) is 0 Å². The van der Waals surface area contributed by atoms with Gasteiger partial charge in [-0.05, 0) is 43.7 Å². The van der Waals surface area contributed by atoms with E-state index in [1.54, 1.807) is 12.3 Å². The first-order chi connectivity index (χ1) is 10.2. The van der Waals surface area contributed by atoms with Crippen molar-refractivity contribution in [3.05, 3.63) is 24.3 Å². The van der Waals surface area contributed by atoms with Crippen LogP contribution in [0.2, 0.25) is 0 Å². The number of rotatable bonds is 3. The van der Waals surface area contributed by atoms with Crippen LogP contribution in [0, 0.1) is 5.92 Å². The molecular formula is C16H20N2O3. The number of furan rings is 1. The number of aromatic nitrogens is 2. The van der Waals surface area contributed by atoms with Crippen LogP contribution in [0.5, 0.6) is 0 Å². The van der Waals surface area contributed by atoms with Gasteiger partial charge in [-0.15, -0.1) is 0 Å². The second kappa shape index (κ2) is 4.98. The smallest absolute Gasteiger partial charge is 0.238 e. The number of hydrogen-bond acceptors (Lipinski definition) is 5. The minimum atomic E-state index is -0.510. The van der Waals surface area contributed by atoms with E-state index in [9.17, 15) is 5.11 Å². The molecule has 2 aliphatic rings. The molecule has 2 heterocycles. The Balaban J connectivity index is 1.43. The van der Waals surface area contributed by atoms with Crippen LogP contribution in [0.1, 0.15) is 56.8 Å². The molecule has 2 aromatic heterocycles. The predicted molar refractivity (Wildman–Crippen MR) is 75.5 cm³/mol. The molecule has 2 aliphatic carbocycles. The van der Waals surface area contributed by atoms with E-state index in [-0.39, 0.29) is 5.92 Å². The van der Waals surface area contributed by atoms with E-state index in [4.69, 9.17) is 8.94 Å². The van der Waals surface area contributed by atoms with Crippen molar-refractivity contribution in [2.24, 2.45) is 5.92 Å². The minimum Gasteiger partial charge on any atom is -0.461 e. The average Bonchev–Trinajstić information content (AvgIpc) is 3.15. The van der Waals surface area contributed by atoms with Gasteiger partial charge in [-0.2, -0.15) is 4.98 Å². The van der Waals surface area contributed by atoms with Crippen LogP contribution in [-0.2, 0) is 0 Å². The molecule has 1 N–H and O–H groups in total. The Morgan fingerprint density at radius 1 is 1.19 bits per heavy atom. The van der Waals surface area contributed by atoms with Gasteiger partial charge in [0.1, 0.15) is 0 Å². The number of aliphatic hydroxyl groups is 1. The normalized spacial score (nSPS) is 30.2. The number of hydrogen-bond donors (Lipinski definition) is 1. The lowest BCUT2D eigenvalue weighted by molar-refractivity contribution is -0.111. The van der Waals surface area contributed by atoms with Gasteiger partial charge < -0.3 is 14.0 Å². The van der Waals surface area contributed by atoms with E-state index in [1.165, 1.54) is 19.3 Å². The molecule has 21 heavy (non-hydrogen) atoms. The molecule has 4 rings (SSSR count). The van der Waals surface area contributed by atoms with Gasteiger partial charge in [-0.1, -0.05) is 24.4 Å². The molecule has 5 heteroatoms. The zero-order valence-electron chi connectivity index (χ0n) is 12.0. The Bertz CT molecular complexity index is 593. The van der Waals surface area contributed by atoms with Crippen LogP contribution in [0.25, 0.3) is 11.6 Å². The first-order valence-corrected chi connectivity index (χ1v) is 7.84. The molecule has 0 saturated heterocycles. The summed E-state index contributed by atoms with van der Waals surface area (Å²) in [5, 5.41) is 14.7. The van der Waals surface area contributed by atoms with Gasteiger partial charge in [0.25, 0.3) is 0 Å². The van der Waals surface area contributed by atoms with Gasteiger partial charge in [0, 0.05) is 5.92 Å². The zero-order valence-corrected chi connectivity index (χ0v) is 12.0. The van der Waals surface area contributed by atoms with Crippen molar-refractivity contribution in [3.8, 4) is 11.6 Å². The molecule has 0 radical (unpaired) electrons. The molecule has 2 aromatic rings. The van der Waals surface area contributed by atoms with Gasteiger partial charge in [-0.3, -0.25) is 0 Å². The highest BCUT2D eigenvalue weighted by Crippen LogP contribution is 2.51. The molecule has 5 nitrogen and oxygen atoms in total. The van der Waals surface area contributed by atoms with E-state index >= 15 is 0 Å². The van der Waals surface area contributed by atoms with E-state index in [2.05, 4.69) is 10.1 Å². The summed E-state index contributed by atoms with van der Waals surface area (Å²) in [4.78, 5) is 4.40. The van der Waals surface area contributed by atoms with Gasteiger partial charge in [0.05, 0.1) is 11.9 Å². The van der Waals surface area contributed by atoms with Crippen molar-refractivity contribution < 1.29 is 14.0 Å². The first-order valence-electron chi connectivity index (χ1n) is 7.84. The third-order valence-electron chi connectivity index (χ3n) is 5.10. The summed E-state index contributed by atoms with van der Waals surface area (Å²) in [5.74, 6) is 2.37. The minimum absolute atomic E-state index is 0.188. The maximum Gasteiger partial charge on any atom is 0.238 e. The molecule has 2 fully saturated rings. The molecule has 0 bridgehead atoms. The molecule has 0 unspecified atom stereocenters. The quantitative estimate of drug-likeness (QED) is 0.935. The van der Waals surface area contributed by atoms with Crippen molar-refractivity contribution in [2.75, 3.05) is 0 Å². The van der Waals surface area contributed by atoms with Crippen LogP contribution in [-0.4, -0.2) is 20.8 Å². The summed E-state index contributed by atoms with van der Waals surface area (Å²) in [5.41, 5.74) is -0.510. The molecule has 0 aromatic carbocycles. The summed E-state index contributed by atoms with van der Waals surface area (Å²) < 4.78 is 10.6. The van der Waals surface area contributed by atoms with Crippen LogP contribution in [0.3, 0.4) is 0 Å². The molecule has 0 amide bonds. The molecule has 0 spiro atoms. The Labute approximate surface area is 123 Å². The first kappa shape index (κ1) is 13.1. The summed E-state index contributed by atoms with van der Waals surface area (Å²) in [6.45, 7) is 0. The SMILES string of the molecule is OC1(C2CCCCC2)CC(c2nc(-c3ccco3)no2)C1. The van der Waals surface area contributed by atoms with Crippen molar-refractivity contribution in [1.29, 1.82) is 0 Å². The largest absolute Gasteiger partial charge is 0.461 e. The second-order valence-electron chi connectivity index (χ2n) is 6.48. The lowest BCUT2D eigenvalue weighted by atomic mass is 9.61. The maximum absolute atomic E-state index is 10.7. The van der Waals surface area contributed by atoms with Crippen molar-refractivity contribution >= 4 is 0 Å². The van der Waals surface area contributed by atoms with Gasteiger partial charge in [0.15, 0.2) is 5.76 Å². The van der Waals surface area contributed by atoms with E-state index in [1.807, 2.05) is 6.07 Å². The predicted octanol–water partition coefficient (Wildman–Crippen LogP) is 3.52. The average molecular weight is 288 g/mol. The summed E-state index contributed by atoms with van der Waals surface area (Å²) in [6.07, 6.45) is 9.22. The number of nitrogens with zero attached hydrogens (tertiary/aromatic N) is 2. The van der Waals surface area contributed by atoms with E-state index in [0.29, 0.717) is 23.4 Å². The van der Waals surface area contributed by atoms with Crippen LogP contribution in [0.15, 0.2) is 27.3 Å². The third kappa shape index (κ3) is 2.29.